The Morgan fingerprint density at radius 2 is 1.21 bits per heavy atom. The molecule has 0 aromatic heterocycles. The molecule has 18 heteroatoms. The summed E-state index contributed by atoms with van der Waals surface area (Å²) < 4.78 is 0. The number of nitrogens with two attached hydrogens (primary N) is 3. The highest BCUT2D eigenvalue weighted by atomic mass is 16.7. The Labute approximate surface area is 436 Å². The summed E-state index contributed by atoms with van der Waals surface area (Å²) >= 11 is 0. The molecule has 18 nitrogen and oxygen atoms in total. The Bertz CT molecular complexity index is 3070. The van der Waals surface area contributed by atoms with Crippen molar-refractivity contribution in [3.8, 4) is 0 Å². The smallest absolute Gasteiger partial charge is 0.273 e. The summed E-state index contributed by atoms with van der Waals surface area (Å²) in [6.45, 7) is 7.92. The second-order valence-electron chi connectivity index (χ2n) is 19.2. The minimum atomic E-state index is -0.357. The van der Waals surface area contributed by atoms with Crippen LogP contribution in [0.15, 0.2) is 124 Å². The Morgan fingerprint density at radius 1 is 0.653 bits per heavy atom. The second-order valence-corrected chi connectivity index (χ2v) is 19.2. The SMILES string of the molecule is CCCN(OCc1ccc(NCCCN(OCc2ccc(N)cc2)C(=O)C2=Cc3ccc(C(=O)Nc4ccc5c(c4)CNC5)cc3N=C(N)C2)cc1)C(=O)C1=Cc2ccc(C(=O)N3CCN(C)CC3)cc2N=C(N)C1. The fraction of sp³-hybridized carbons (Fsp3) is 0.298. The molecule has 388 valence electrons. The number of nitrogen functional groups attached to an aromatic ring is 1. The molecule has 0 unspecified atom stereocenters. The third kappa shape index (κ3) is 13.2. The molecule has 1 saturated heterocycles. The van der Waals surface area contributed by atoms with E-state index in [1.807, 2.05) is 79.5 Å². The van der Waals surface area contributed by atoms with Crippen LogP contribution in [0.25, 0.3) is 12.2 Å². The van der Waals surface area contributed by atoms with Crippen LogP contribution >= 0.6 is 0 Å². The average Bonchev–Trinajstić information content (AvgIpc) is 3.72. The maximum absolute atomic E-state index is 14.3. The van der Waals surface area contributed by atoms with E-state index in [2.05, 4.69) is 30.8 Å². The first-order valence-electron chi connectivity index (χ1n) is 25.4. The number of amidine groups is 2. The quantitative estimate of drug-likeness (QED) is 0.0299. The lowest BCUT2D eigenvalue weighted by Gasteiger charge is -2.32. The number of piperazine rings is 1. The number of carbonyl (C=O) groups excluding carboxylic acids is 4. The van der Waals surface area contributed by atoms with Crippen LogP contribution in [0.1, 0.15) is 86.7 Å². The lowest BCUT2D eigenvalue weighted by molar-refractivity contribution is -0.187. The van der Waals surface area contributed by atoms with Gasteiger partial charge in [-0.15, -0.1) is 0 Å². The molecule has 4 aliphatic rings. The number of hydrogen-bond acceptors (Lipinski definition) is 14. The summed E-state index contributed by atoms with van der Waals surface area (Å²) in [5, 5.41) is 12.5. The van der Waals surface area contributed by atoms with Gasteiger partial charge in [0.2, 0.25) is 0 Å². The lowest BCUT2D eigenvalue weighted by atomic mass is 10.0. The van der Waals surface area contributed by atoms with E-state index in [0.717, 1.165) is 48.6 Å². The number of nitrogens with one attached hydrogen (secondary N) is 3. The summed E-state index contributed by atoms with van der Waals surface area (Å²) in [6, 6.07) is 31.4. The minimum Gasteiger partial charge on any atom is -0.399 e. The van der Waals surface area contributed by atoms with E-state index in [0.29, 0.717) is 95.2 Å². The van der Waals surface area contributed by atoms with E-state index in [4.69, 9.17) is 26.9 Å². The van der Waals surface area contributed by atoms with Crippen molar-refractivity contribution in [2.24, 2.45) is 21.5 Å². The minimum absolute atomic E-state index is 0.0492. The van der Waals surface area contributed by atoms with Gasteiger partial charge in [-0.3, -0.25) is 28.9 Å². The maximum atomic E-state index is 14.3. The molecule has 1 fully saturated rings. The third-order valence-electron chi connectivity index (χ3n) is 13.4. The highest BCUT2D eigenvalue weighted by Gasteiger charge is 2.27. The molecular weight excluding hydrogens is 949 g/mol. The number of hydroxylamine groups is 4. The molecule has 5 aromatic carbocycles. The van der Waals surface area contributed by atoms with E-state index in [-0.39, 0.29) is 67.9 Å². The first kappa shape index (κ1) is 51.7. The lowest BCUT2D eigenvalue weighted by Crippen LogP contribution is -2.47. The number of amides is 4. The van der Waals surface area contributed by atoms with E-state index in [9.17, 15) is 19.2 Å². The number of anilines is 3. The topological polar surface area (TPSA) is 239 Å². The van der Waals surface area contributed by atoms with Crippen molar-refractivity contribution in [1.82, 2.24) is 25.2 Å². The van der Waals surface area contributed by atoms with Crippen molar-refractivity contribution in [3.63, 3.8) is 0 Å². The number of carbonyl (C=O) groups is 4. The van der Waals surface area contributed by atoms with Gasteiger partial charge < -0.3 is 43.0 Å². The highest BCUT2D eigenvalue weighted by molar-refractivity contribution is 6.08. The number of nitrogens with zero attached hydrogens (tertiary/aromatic N) is 6. The molecule has 4 heterocycles. The summed E-state index contributed by atoms with van der Waals surface area (Å²) in [6.07, 6.45) is 4.95. The molecule has 4 aliphatic heterocycles. The van der Waals surface area contributed by atoms with Crippen LogP contribution in [-0.4, -0.2) is 108 Å². The number of hydrogen-bond donors (Lipinski definition) is 6. The molecule has 0 atom stereocenters. The second kappa shape index (κ2) is 23.8. The van der Waals surface area contributed by atoms with Crippen molar-refractivity contribution >= 4 is 75.9 Å². The summed E-state index contributed by atoms with van der Waals surface area (Å²) in [7, 11) is 2.05. The van der Waals surface area contributed by atoms with Crippen molar-refractivity contribution in [2.45, 2.75) is 58.9 Å². The van der Waals surface area contributed by atoms with Gasteiger partial charge in [0.25, 0.3) is 23.6 Å². The predicted molar refractivity (Wildman–Crippen MR) is 293 cm³/mol. The van der Waals surface area contributed by atoms with Gasteiger partial charge in [-0.05, 0) is 115 Å². The molecule has 0 bridgehead atoms. The van der Waals surface area contributed by atoms with Crippen LogP contribution in [0.2, 0.25) is 0 Å². The first-order valence-corrected chi connectivity index (χ1v) is 25.4. The van der Waals surface area contributed by atoms with Crippen LogP contribution in [0.3, 0.4) is 0 Å². The van der Waals surface area contributed by atoms with Gasteiger partial charge in [-0.2, -0.15) is 0 Å². The highest BCUT2D eigenvalue weighted by Crippen LogP contribution is 2.31. The third-order valence-corrected chi connectivity index (χ3v) is 13.4. The maximum Gasteiger partial charge on any atom is 0.273 e. The normalized spacial score (nSPS) is 15.1. The molecule has 0 radical (unpaired) electrons. The number of aliphatic imine (C=N–C) groups is 2. The Morgan fingerprint density at radius 3 is 1.84 bits per heavy atom. The molecule has 0 spiro atoms. The van der Waals surface area contributed by atoms with Crippen molar-refractivity contribution in [2.75, 3.05) is 69.2 Å². The van der Waals surface area contributed by atoms with Gasteiger partial charge in [0.15, 0.2) is 0 Å². The summed E-state index contributed by atoms with van der Waals surface area (Å²) in [5.74, 6) is -0.494. The van der Waals surface area contributed by atoms with Gasteiger partial charge in [-0.25, -0.2) is 20.1 Å². The zero-order valence-corrected chi connectivity index (χ0v) is 42.4. The molecule has 4 amide bonds. The monoisotopic (exact) mass is 1010 g/mol. The van der Waals surface area contributed by atoms with Gasteiger partial charge in [-0.1, -0.05) is 49.4 Å². The van der Waals surface area contributed by atoms with E-state index in [1.54, 1.807) is 54.6 Å². The molecule has 75 heavy (non-hydrogen) atoms. The molecule has 5 aromatic rings. The summed E-state index contributed by atoms with van der Waals surface area (Å²) in [5.41, 5.74) is 29.1. The summed E-state index contributed by atoms with van der Waals surface area (Å²) in [4.78, 5) is 80.6. The Kier molecular flexibility index (Phi) is 16.4. The zero-order chi connectivity index (χ0) is 52.4. The first-order chi connectivity index (χ1) is 36.3. The van der Waals surface area contributed by atoms with Gasteiger partial charge >= 0.3 is 0 Å². The standard InChI is InChI=1S/C57H64N12O6/c1-3-20-68(56(72)44-27-40-10-12-42(30-51(40)65-53(60)31-44)55(71)67-24-22-66(2)23-25-67)74-36-38-7-16-48(17-8-38)62-19-4-21-69(75-35-37-5-14-47(58)15-6-37)57(73)45-26-39-9-11-41(29-50(39)64-52(59)32-45)54(70)63-49-18-13-43-33-61-34-46(43)28-49/h5-18,26-30,61-62H,3-4,19-25,31-36,58H2,1-2H3,(H2,59,64)(H2,60,65)(H,63,70). The van der Waals surface area contributed by atoms with Gasteiger partial charge in [0, 0.05) is 116 Å². The van der Waals surface area contributed by atoms with Crippen LogP contribution in [0.4, 0.5) is 28.4 Å². The molecule has 0 saturated carbocycles. The fourth-order valence-corrected chi connectivity index (χ4v) is 9.16. The van der Waals surface area contributed by atoms with Crippen LogP contribution in [-0.2, 0) is 45.6 Å². The fourth-order valence-electron chi connectivity index (χ4n) is 9.16. The van der Waals surface area contributed by atoms with Crippen molar-refractivity contribution in [1.29, 1.82) is 0 Å². The van der Waals surface area contributed by atoms with Gasteiger partial charge in [0.05, 0.1) is 17.9 Å². The van der Waals surface area contributed by atoms with Crippen LogP contribution < -0.4 is 33.2 Å². The van der Waals surface area contributed by atoms with E-state index < -0.39 is 0 Å². The molecule has 0 aliphatic carbocycles. The number of benzene rings is 5. The van der Waals surface area contributed by atoms with Crippen LogP contribution in [0.5, 0.6) is 0 Å². The van der Waals surface area contributed by atoms with Crippen LogP contribution in [0, 0.1) is 0 Å². The van der Waals surface area contributed by atoms with Crippen molar-refractivity contribution in [3.05, 3.63) is 159 Å². The molecule has 9 N–H and O–H groups in total. The predicted octanol–water partition coefficient (Wildman–Crippen LogP) is 6.90. The van der Waals surface area contributed by atoms with Gasteiger partial charge in [0.1, 0.15) is 24.9 Å². The van der Waals surface area contributed by atoms with E-state index in [1.165, 1.54) is 15.7 Å². The Hall–Kier alpha value is -8.16. The Balaban J connectivity index is 0.803. The largest absolute Gasteiger partial charge is 0.399 e. The zero-order valence-electron chi connectivity index (χ0n) is 42.4. The number of fused-ring (bicyclic) bond motifs is 3. The number of likely N-dealkylation sites (N-methyl/N-ethyl adjacent to an activating group) is 1. The molecule has 9 rings (SSSR count). The van der Waals surface area contributed by atoms with Crippen molar-refractivity contribution < 1.29 is 28.9 Å². The average molecular weight is 1010 g/mol. The molecular formula is C57H64N12O6. The number of rotatable bonds is 18. The van der Waals surface area contributed by atoms with E-state index >= 15 is 0 Å².